The summed E-state index contributed by atoms with van der Waals surface area (Å²) >= 11 is 0. The van der Waals surface area contributed by atoms with Crippen molar-refractivity contribution in [1.82, 2.24) is 20.6 Å². The highest BCUT2D eigenvalue weighted by Gasteiger charge is 2.37. The van der Waals surface area contributed by atoms with Gasteiger partial charge in [0.15, 0.2) is 5.69 Å². The zero-order chi connectivity index (χ0) is 24.1. The van der Waals surface area contributed by atoms with Gasteiger partial charge in [-0.1, -0.05) is 0 Å². The van der Waals surface area contributed by atoms with E-state index in [0.717, 1.165) is 0 Å². The number of nitrogens with one attached hydrogen (secondary N) is 2. The summed E-state index contributed by atoms with van der Waals surface area (Å²) in [5.74, 6) is -1.96. The van der Waals surface area contributed by atoms with E-state index in [1.165, 1.54) is 19.3 Å². The number of aromatic nitrogens is 2. The van der Waals surface area contributed by atoms with E-state index in [9.17, 15) is 35.9 Å². The van der Waals surface area contributed by atoms with Crippen molar-refractivity contribution in [3.05, 3.63) is 58.7 Å². The maximum Gasteiger partial charge on any atom is 0.416 e. The van der Waals surface area contributed by atoms with Crippen LogP contribution in [0, 0.1) is 11.3 Å². The average Bonchev–Trinajstić information content (AvgIpc) is 2.72. The van der Waals surface area contributed by atoms with Gasteiger partial charge in [0.1, 0.15) is 0 Å². The minimum absolute atomic E-state index is 0.0105. The van der Waals surface area contributed by atoms with Crippen LogP contribution in [0.25, 0.3) is 0 Å². The zero-order valence-corrected chi connectivity index (χ0v) is 16.3. The van der Waals surface area contributed by atoms with Crippen molar-refractivity contribution in [3.8, 4) is 6.07 Å². The van der Waals surface area contributed by atoms with Gasteiger partial charge in [0.2, 0.25) is 0 Å². The summed E-state index contributed by atoms with van der Waals surface area (Å²) in [5, 5.41) is 13.1. The predicted octanol–water partition coefficient (Wildman–Crippen LogP) is 3.65. The lowest BCUT2D eigenvalue weighted by Crippen LogP contribution is -2.32. The van der Waals surface area contributed by atoms with E-state index in [-0.39, 0.29) is 30.4 Å². The topological polar surface area (TPSA) is 108 Å². The lowest BCUT2D eigenvalue weighted by molar-refractivity contribution is -0.143. The van der Waals surface area contributed by atoms with E-state index >= 15 is 0 Å². The molecule has 0 aliphatic rings. The van der Waals surface area contributed by atoms with Crippen LogP contribution in [-0.2, 0) is 12.4 Å². The van der Waals surface area contributed by atoms with Crippen LogP contribution in [0.2, 0.25) is 0 Å². The molecule has 0 aliphatic carbocycles. The molecule has 2 N–H and O–H groups in total. The molecule has 0 fully saturated rings. The summed E-state index contributed by atoms with van der Waals surface area (Å²) in [6.07, 6.45) is -7.83. The quantitative estimate of drug-likeness (QED) is 0.507. The highest BCUT2D eigenvalue weighted by Crippen LogP contribution is 2.36. The fourth-order valence-electron chi connectivity index (χ4n) is 2.59. The molecule has 0 spiro atoms. The number of hydrogen-bond acceptors (Lipinski definition) is 5. The van der Waals surface area contributed by atoms with Crippen molar-refractivity contribution in [2.24, 2.45) is 0 Å². The van der Waals surface area contributed by atoms with E-state index in [2.05, 4.69) is 20.6 Å². The predicted molar refractivity (Wildman–Crippen MR) is 96.9 cm³/mol. The Balaban J connectivity index is 2.32. The molecular weight excluding hydrogens is 444 g/mol. The molecule has 0 aliphatic heterocycles. The highest BCUT2D eigenvalue weighted by atomic mass is 19.4. The molecule has 1 aromatic heterocycles. The van der Waals surface area contributed by atoms with Crippen molar-refractivity contribution >= 4 is 11.8 Å². The third-order valence-electron chi connectivity index (χ3n) is 4.07. The molecular formula is C19H15F6N5O2. The molecule has 0 bridgehead atoms. The lowest BCUT2D eigenvalue weighted by Gasteiger charge is -2.18. The van der Waals surface area contributed by atoms with Crippen LogP contribution >= 0.6 is 0 Å². The van der Waals surface area contributed by atoms with E-state index in [1.54, 1.807) is 0 Å². The minimum atomic E-state index is -5.11. The number of benzene rings is 1. The first-order valence-electron chi connectivity index (χ1n) is 8.91. The Morgan fingerprint density at radius 1 is 1.00 bits per heavy atom. The van der Waals surface area contributed by atoms with E-state index in [4.69, 9.17) is 5.26 Å². The van der Waals surface area contributed by atoms with Crippen molar-refractivity contribution in [3.63, 3.8) is 0 Å². The number of nitriles is 1. The fourth-order valence-corrected chi connectivity index (χ4v) is 2.59. The smallest absolute Gasteiger partial charge is 0.350 e. The summed E-state index contributed by atoms with van der Waals surface area (Å²) in [6, 6.07) is 1.22. The number of amides is 2. The second-order valence-electron chi connectivity index (χ2n) is 6.44. The molecule has 170 valence electrons. The Bertz CT molecular complexity index is 1010. The summed E-state index contributed by atoms with van der Waals surface area (Å²) in [4.78, 5) is 32.4. The fraction of sp³-hybridized carbons (Fsp3) is 0.316. The second-order valence-corrected chi connectivity index (χ2v) is 6.44. The van der Waals surface area contributed by atoms with E-state index in [1.807, 2.05) is 6.07 Å². The molecule has 2 rings (SSSR count). The molecule has 1 heterocycles. The van der Waals surface area contributed by atoms with Gasteiger partial charge >= 0.3 is 12.4 Å². The van der Waals surface area contributed by atoms with Gasteiger partial charge in [-0.2, -0.15) is 31.6 Å². The van der Waals surface area contributed by atoms with Crippen molar-refractivity contribution < 1.29 is 35.9 Å². The largest absolute Gasteiger partial charge is 0.416 e. The van der Waals surface area contributed by atoms with Gasteiger partial charge < -0.3 is 10.6 Å². The number of carbonyl (C=O) groups is 2. The van der Waals surface area contributed by atoms with Crippen LogP contribution in [0.4, 0.5) is 26.3 Å². The second kappa shape index (κ2) is 9.63. The first-order chi connectivity index (χ1) is 14.8. The van der Waals surface area contributed by atoms with Gasteiger partial charge in [-0.3, -0.25) is 14.6 Å². The van der Waals surface area contributed by atoms with E-state index < -0.39 is 46.9 Å². The van der Waals surface area contributed by atoms with Crippen molar-refractivity contribution in [2.75, 3.05) is 6.54 Å². The summed E-state index contributed by atoms with van der Waals surface area (Å²) in [5.41, 5.74) is -4.44. The Morgan fingerprint density at radius 3 is 2.09 bits per heavy atom. The highest BCUT2D eigenvalue weighted by molar-refractivity contribution is 5.96. The number of rotatable bonds is 6. The van der Waals surface area contributed by atoms with Crippen molar-refractivity contribution in [2.45, 2.75) is 31.7 Å². The Kier molecular flexibility index (Phi) is 7.40. The van der Waals surface area contributed by atoms with Gasteiger partial charge in [-0.05, 0) is 25.1 Å². The van der Waals surface area contributed by atoms with Gasteiger partial charge in [0, 0.05) is 24.5 Å². The maximum absolute atomic E-state index is 13.0. The van der Waals surface area contributed by atoms with Crippen LogP contribution in [-0.4, -0.2) is 28.3 Å². The van der Waals surface area contributed by atoms with Gasteiger partial charge in [0.25, 0.3) is 11.8 Å². The molecule has 1 aromatic carbocycles. The summed E-state index contributed by atoms with van der Waals surface area (Å²) in [7, 11) is 0. The van der Waals surface area contributed by atoms with Gasteiger partial charge in [0.05, 0.1) is 35.4 Å². The number of carbonyl (C=O) groups excluding carboxylic acids is 2. The molecule has 0 radical (unpaired) electrons. The zero-order valence-electron chi connectivity index (χ0n) is 16.3. The molecule has 0 saturated carbocycles. The van der Waals surface area contributed by atoms with Crippen LogP contribution in [0.3, 0.4) is 0 Å². The molecule has 2 aromatic rings. The minimum Gasteiger partial charge on any atom is -0.350 e. The first-order valence-corrected chi connectivity index (χ1v) is 8.91. The van der Waals surface area contributed by atoms with Crippen molar-refractivity contribution in [1.29, 1.82) is 5.26 Å². The molecule has 1 atom stereocenters. The van der Waals surface area contributed by atoms with E-state index in [0.29, 0.717) is 12.1 Å². The Hall–Kier alpha value is -3.69. The van der Waals surface area contributed by atoms with Crippen LogP contribution in [0.15, 0.2) is 30.6 Å². The molecule has 0 saturated heterocycles. The van der Waals surface area contributed by atoms with Gasteiger partial charge in [-0.25, -0.2) is 4.98 Å². The number of alkyl halides is 6. The standard InChI is InChI=1S/C19H15F6N5O2/c1-10(14-15(28-6-5-27-14)17(32)29-4-2-3-26)30-16(31)11-7-12(18(20,21)22)9-13(8-11)19(23,24)25/h5-10H,2,4H2,1H3,(H,29,32)(H,30,31). The maximum atomic E-state index is 13.0. The number of nitrogens with zero attached hydrogens (tertiary/aromatic N) is 3. The molecule has 32 heavy (non-hydrogen) atoms. The Labute approximate surface area is 177 Å². The molecule has 2 amide bonds. The third kappa shape index (κ3) is 6.16. The molecule has 1 unspecified atom stereocenters. The number of hydrogen-bond donors (Lipinski definition) is 2. The van der Waals surface area contributed by atoms with Crippen LogP contribution in [0.1, 0.15) is 57.1 Å². The van der Waals surface area contributed by atoms with Crippen LogP contribution < -0.4 is 10.6 Å². The molecule has 13 heteroatoms. The SMILES string of the molecule is CC(NC(=O)c1cc(C(F)(F)F)cc(C(F)(F)F)c1)c1nccnc1C(=O)NCCC#N. The molecule has 7 nitrogen and oxygen atoms in total. The lowest BCUT2D eigenvalue weighted by atomic mass is 10.0. The Morgan fingerprint density at radius 2 is 1.56 bits per heavy atom. The first kappa shape index (κ1) is 24.6. The van der Waals surface area contributed by atoms with Gasteiger partial charge in [-0.15, -0.1) is 0 Å². The average molecular weight is 459 g/mol. The third-order valence-corrected chi connectivity index (χ3v) is 4.07. The normalized spacial score (nSPS) is 12.6. The summed E-state index contributed by atoms with van der Waals surface area (Å²) in [6.45, 7) is 1.34. The summed E-state index contributed by atoms with van der Waals surface area (Å²) < 4.78 is 78.1. The monoisotopic (exact) mass is 459 g/mol. The number of halogens is 6. The van der Waals surface area contributed by atoms with Crippen LogP contribution in [0.5, 0.6) is 0 Å².